The van der Waals surface area contributed by atoms with Crippen LogP contribution in [-0.4, -0.2) is 34.4 Å². The first-order valence-electron chi connectivity index (χ1n) is 3.24. The van der Waals surface area contributed by atoms with Crippen LogP contribution in [0.1, 0.15) is 6.42 Å². The maximum Gasteiger partial charge on any atom is 0.366 e. The molecule has 0 fully saturated rings. The van der Waals surface area contributed by atoms with Crippen molar-refractivity contribution in [2.24, 2.45) is 11.5 Å². The second kappa shape index (κ2) is 4.47. The molecule has 0 aliphatic heterocycles. The van der Waals surface area contributed by atoms with Gasteiger partial charge in [0.25, 0.3) is 0 Å². The van der Waals surface area contributed by atoms with Crippen LogP contribution in [0.15, 0.2) is 0 Å². The molecule has 6 nitrogen and oxygen atoms in total. The third kappa shape index (κ3) is 3.73. The van der Waals surface area contributed by atoms with E-state index in [1.807, 2.05) is 0 Å². The molecule has 0 aliphatic carbocycles. The second-order valence-electron chi connectivity index (χ2n) is 2.44. The molecule has 70 valence electrons. The highest BCUT2D eigenvalue weighted by atomic mass is 31.1. The number of hydrogen-bond donors (Lipinski definition) is 4. The lowest BCUT2D eigenvalue weighted by Crippen LogP contribution is -2.56. The molecule has 0 aliphatic rings. The van der Waals surface area contributed by atoms with Crippen molar-refractivity contribution in [2.45, 2.75) is 12.1 Å². The Balaban J connectivity index is 3.92. The van der Waals surface area contributed by atoms with Gasteiger partial charge in [0.05, 0.1) is 0 Å². The molecule has 0 aromatic carbocycles. The number of rotatable bonds is 5. The van der Waals surface area contributed by atoms with Crippen molar-refractivity contribution in [3.8, 4) is 0 Å². The summed E-state index contributed by atoms with van der Waals surface area (Å²) in [5, 5.41) is 16.8. The summed E-state index contributed by atoms with van der Waals surface area (Å²) in [6, 6.07) is 0. The number of aliphatic hydroxyl groups is 1. The van der Waals surface area contributed by atoms with Gasteiger partial charge in [0, 0.05) is 6.42 Å². The highest BCUT2D eigenvalue weighted by Crippen LogP contribution is 2.20. The Bertz CT molecular complexity index is 194. The van der Waals surface area contributed by atoms with Gasteiger partial charge in [-0.15, -0.1) is 0 Å². The van der Waals surface area contributed by atoms with E-state index in [4.69, 9.17) is 21.7 Å². The molecular weight excluding hydrogens is 183 g/mol. The molecule has 0 bridgehead atoms. The van der Waals surface area contributed by atoms with Gasteiger partial charge in [0.15, 0.2) is 11.8 Å². The van der Waals surface area contributed by atoms with Gasteiger partial charge >= 0.3 is 13.8 Å². The number of carbonyl (C=O) groups is 1. The predicted molar refractivity (Wildman–Crippen MR) is 42.9 cm³/mol. The summed E-state index contributed by atoms with van der Waals surface area (Å²) < 4.78 is 10.7. The van der Waals surface area contributed by atoms with E-state index < -0.39 is 25.8 Å². The second-order valence-corrected chi connectivity index (χ2v) is 4.14. The minimum absolute atomic E-state index is 0.0190. The van der Waals surface area contributed by atoms with E-state index in [1.54, 1.807) is 0 Å². The fourth-order valence-electron chi connectivity index (χ4n) is 0.487. The lowest BCUT2D eigenvalue weighted by atomic mass is 10.1. The van der Waals surface area contributed by atoms with Gasteiger partial charge < -0.3 is 21.7 Å². The third-order valence-corrected chi connectivity index (χ3v) is 2.37. The lowest BCUT2D eigenvalue weighted by molar-refractivity contribution is -0.143. The number of carboxylic acid groups (broad SMARTS) is 1. The van der Waals surface area contributed by atoms with E-state index in [-0.39, 0.29) is 12.6 Å². The van der Waals surface area contributed by atoms with Gasteiger partial charge in [-0.2, -0.15) is 0 Å². The van der Waals surface area contributed by atoms with E-state index >= 15 is 0 Å². The molecule has 0 spiro atoms. The Hall–Kier alpha value is -0.550. The zero-order valence-corrected chi connectivity index (χ0v) is 7.33. The van der Waals surface area contributed by atoms with Crippen LogP contribution in [-0.2, 0) is 9.36 Å². The fraction of sp³-hybridized carbons (Fsp3) is 0.800. The first-order chi connectivity index (χ1) is 5.40. The summed E-state index contributed by atoms with van der Waals surface area (Å²) in [4.78, 5) is 10.3. The van der Waals surface area contributed by atoms with Crippen molar-refractivity contribution in [1.29, 1.82) is 0 Å². The molecule has 0 radical (unpaired) electrons. The molecule has 0 saturated heterocycles. The van der Waals surface area contributed by atoms with E-state index in [1.165, 1.54) is 0 Å². The van der Waals surface area contributed by atoms with E-state index in [9.17, 15) is 9.36 Å². The largest absolute Gasteiger partial charge is 0.479 e. The van der Waals surface area contributed by atoms with E-state index in [0.717, 1.165) is 0 Å². The molecule has 6 N–H and O–H groups in total. The zero-order valence-electron chi connectivity index (χ0n) is 6.43. The Labute approximate surface area is 70.3 Å². The van der Waals surface area contributed by atoms with Crippen LogP contribution in [0.5, 0.6) is 0 Å². The minimum Gasteiger partial charge on any atom is -0.479 e. The number of aliphatic hydroxyl groups excluding tert-OH is 1. The Morgan fingerprint density at radius 3 is 2.33 bits per heavy atom. The molecule has 0 amide bonds. The summed E-state index contributed by atoms with van der Waals surface area (Å²) in [6.45, 7) is 0. The zero-order chi connectivity index (χ0) is 9.78. The standard InChI is InChI=1S/C5H11N2O4P/c6-5(7,4(9)10)1-2-12(11)3-8/h8H,1-3,6-7H2/p+1. The van der Waals surface area contributed by atoms with Crippen molar-refractivity contribution >= 4 is 13.8 Å². The quantitative estimate of drug-likeness (QED) is 0.324. The van der Waals surface area contributed by atoms with Gasteiger partial charge in [0.2, 0.25) is 6.35 Å². The maximum absolute atomic E-state index is 10.7. The fourth-order valence-corrected chi connectivity index (χ4v) is 1.25. The number of nitrogens with two attached hydrogens (primary N) is 2. The predicted octanol–water partition coefficient (Wildman–Crippen LogP) is -1.15. The van der Waals surface area contributed by atoms with Crippen LogP contribution in [0.2, 0.25) is 0 Å². The van der Waals surface area contributed by atoms with Crippen LogP contribution < -0.4 is 11.5 Å². The number of aliphatic carboxylic acids is 1. The summed E-state index contributed by atoms with van der Waals surface area (Å²) in [5.74, 6) is -1.34. The molecule has 0 aromatic rings. The van der Waals surface area contributed by atoms with Gasteiger partial charge in [0.1, 0.15) is 0 Å². The van der Waals surface area contributed by atoms with Gasteiger partial charge in [-0.05, 0) is 0 Å². The summed E-state index contributed by atoms with van der Waals surface area (Å²) in [5.41, 5.74) is 8.41. The van der Waals surface area contributed by atoms with Crippen molar-refractivity contribution in [1.82, 2.24) is 0 Å². The highest BCUT2D eigenvalue weighted by Gasteiger charge is 2.31. The first kappa shape index (κ1) is 11.4. The number of carboxylic acids is 1. The molecule has 0 heterocycles. The maximum atomic E-state index is 10.7. The molecule has 7 heteroatoms. The molecule has 0 saturated carbocycles. The van der Waals surface area contributed by atoms with Crippen LogP contribution >= 0.6 is 7.80 Å². The smallest absolute Gasteiger partial charge is 0.366 e. The lowest BCUT2D eigenvalue weighted by Gasteiger charge is -2.15. The summed E-state index contributed by atoms with van der Waals surface area (Å²) in [7, 11) is -1.79. The highest BCUT2D eigenvalue weighted by molar-refractivity contribution is 7.44. The normalized spacial score (nSPS) is 12.8. The van der Waals surface area contributed by atoms with E-state index in [2.05, 4.69) is 0 Å². The van der Waals surface area contributed by atoms with Crippen molar-refractivity contribution < 1.29 is 19.6 Å². The molecule has 1 unspecified atom stereocenters. The third-order valence-electron chi connectivity index (χ3n) is 1.33. The first-order valence-corrected chi connectivity index (χ1v) is 4.87. The molecular formula is C5H12N2O4P+. The monoisotopic (exact) mass is 195 g/mol. The summed E-state index contributed by atoms with van der Waals surface area (Å²) >= 11 is 0. The van der Waals surface area contributed by atoms with Crippen LogP contribution in [0.3, 0.4) is 0 Å². The Kier molecular flexibility index (Phi) is 4.26. The van der Waals surface area contributed by atoms with Crippen molar-refractivity contribution in [3.05, 3.63) is 0 Å². The van der Waals surface area contributed by atoms with Crippen molar-refractivity contribution in [2.75, 3.05) is 12.5 Å². The van der Waals surface area contributed by atoms with Gasteiger partial charge in [-0.25, -0.2) is 4.79 Å². The minimum atomic E-state index is -1.85. The van der Waals surface area contributed by atoms with E-state index in [0.29, 0.717) is 0 Å². The van der Waals surface area contributed by atoms with Gasteiger partial charge in [-0.3, -0.25) is 0 Å². The van der Waals surface area contributed by atoms with Crippen molar-refractivity contribution in [3.63, 3.8) is 0 Å². The van der Waals surface area contributed by atoms with Gasteiger partial charge in [-0.1, -0.05) is 4.57 Å². The van der Waals surface area contributed by atoms with Crippen LogP contribution in [0, 0.1) is 0 Å². The number of hydrogen-bond acceptors (Lipinski definition) is 5. The molecule has 0 rings (SSSR count). The molecule has 12 heavy (non-hydrogen) atoms. The topological polar surface area (TPSA) is 127 Å². The molecule has 1 atom stereocenters. The Morgan fingerprint density at radius 1 is 1.50 bits per heavy atom. The van der Waals surface area contributed by atoms with Crippen LogP contribution in [0.25, 0.3) is 0 Å². The Morgan fingerprint density at radius 2 is 2.00 bits per heavy atom. The SMILES string of the molecule is NC(N)(CC[P+](=O)CO)C(=O)O. The average Bonchev–Trinajstić information content (AvgIpc) is 2.00. The van der Waals surface area contributed by atoms with Crippen LogP contribution in [0.4, 0.5) is 0 Å². The molecule has 0 aromatic heterocycles. The summed E-state index contributed by atoms with van der Waals surface area (Å²) in [6.07, 6.45) is -0.561. The average molecular weight is 195 g/mol.